The molecule has 1 aromatic rings. The van der Waals surface area contributed by atoms with E-state index >= 15 is 0 Å². The van der Waals surface area contributed by atoms with Crippen LogP contribution in [-0.4, -0.2) is 37.2 Å². The van der Waals surface area contributed by atoms with E-state index in [0.29, 0.717) is 23.2 Å². The van der Waals surface area contributed by atoms with Crippen molar-refractivity contribution < 1.29 is 13.3 Å². The molecule has 0 aromatic heterocycles. The molecule has 0 spiro atoms. The van der Waals surface area contributed by atoms with Crippen LogP contribution in [0.5, 0.6) is 0 Å². The van der Waals surface area contributed by atoms with Crippen molar-refractivity contribution in [2.75, 3.05) is 0 Å². The number of allylic oxidation sites excluding steroid dienone is 3. The van der Waals surface area contributed by atoms with Gasteiger partial charge >= 0.3 is 0 Å². The third-order valence-electron chi connectivity index (χ3n) is 13.8. The Balaban J connectivity index is 1.54. The van der Waals surface area contributed by atoms with Gasteiger partial charge in [-0.15, -0.1) is 0 Å². The molecule has 3 aliphatic carbocycles. The Morgan fingerprint density at radius 3 is 1.94 bits per heavy atom. The van der Waals surface area contributed by atoms with Gasteiger partial charge in [-0.1, -0.05) is 103 Å². The van der Waals surface area contributed by atoms with Crippen LogP contribution in [0.3, 0.4) is 0 Å². The standard InChI is InChI=1S/C46H78O3Si3/c1-34(23-24-35-20-18-22-38(30-35)45(8,9)49-50(11,12)13)41-27-28-42-37(21-19-29-46(41,42)10)26-25-36-31-39(47-51(14,15)43(2,3)4)33-40(32-36)48-52(16,17)44(5,6)7/h18,20,22,25-26,30,34,39-42H,19,21,27-29,31-33H2,1-17H3/b37-26+/t34-,39+,40+,41+,42-,46+/m0/s1. The van der Waals surface area contributed by atoms with Crippen LogP contribution in [0.15, 0.2) is 47.6 Å². The first-order chi connectivity index (χ1) is 23.6. The minimum Gasteiger partial charge on any atom is -0.414 e. The minimum atomic E-state index is -1.90. The first-order valence-electron chi connectivity index (χ1n) is 20.7. The van der Waals surface area contributed by atoms with E-state index in [1.54, 1.807) is 5.57 Å². The van der Waals surface area contributed by atoms with Crippen molar-refractivity contribution in [1.82, 2.24) is 0 Å². The van der Waals surface area contributed by atoms with Crippen molar-refractivity contribution in [2.45, 2.75) is 194 Å². The van der Waals surface area contributed by atoms with Gasteiger partial charge in [-0.3, -0.25) is 0 Å². The summed E-state index contributed by atoms with van der Waals surface area (Å²) >= 11 is 0. The topological polar surface area (TPSA) is 27.7 Å². The van der Waals surface area contributed by atoms with Crippen molar-refractivity contribution >= 4 is 25.0 Å². The molecule has 0 bridgehead atoms. The SMILES string of the molecule is C[C@@H](C#Cc1cccc(C(C)(C)O[Si](C)(C)C)c1)[C@H]1CC[C@H]2/C(=C/C=C3C[C@@H](O[Si](C)(C)C(C)(C)C)C[C@H](O[Si](C)(C)C(C)(C)C)C3)CCC[C@]12C. The maximum absolute atomic E-state index is 7.11. The van der Waals surface area contributed by atoms with Crippen molar-refractivity contribution in [3.63, 3.8) is 0 Å². The van der Waals surface area contributed by atoms with Crippen LogP contribution >= 0.6 is 0 Å². The predicted octanol–water partition coefficient (Wildman–Crippen LogP) is 13.8. The monoisotopic (exact) mass is 763 g/mol. The van der Waals surface area contributed by atoms with E-state index in [0.717, 1.165) is 24.8 Å². The molecule has 0 saturated heterocycles. The lowest BCUT2D eigenvalue weighted by Crippen LogP contribution is -2.48. The van der Waals surface area contributed by atoms with E-state index in [2.05, 4.69) is 163 Å². The zero-order valence-electron chi connectivity index (χ0n) is 36.7. The number of rotatable bonds is 9. The van der Waals surface area contributed by atoms with Crippen LogP contribution < -0.4 is 0 Å². The molecule has 0 N–H and O–H groups in total. The maximum atomic E-state index is 7.11. The molecule has 52 heavy (non-hydrogen) atoms. The summed E-state index contributed by atoms with van der Waals surface area (Å²) in [4.78, 5) is 0. The van der Waals surface area contributed by atoms with Gasteiger partial charge in [-0.05, 0) is 156 Å². The highest BCUT2D eigenvalue weighted by Gasteiger charge is 2.50. The van der Waals surface area contributed by atoms with E-state index in [4.69, 9.17) is 13.3 Å². The van der Waals surface area contributed by atoms with E-state index in [1.165, 1.54) is 43.2 Å². The summed E-state index contributed by atoms with van der Waals surface area (Å²) in [7, 11) is -5.48. The molecule has 3 saturated carbocycles. The second-order valence-electron chi connectivity index (χ2n) is 21.7. The molecular weight excluding hydrogens is 685 g/mol. The molecule has 292 valence electrons. The molecule has 6 heteroatoms. The lowest BCUT2D eigenvalue weighted by Gasteiger charge is -2.45. The Morgan fingerprint density at radius 2 is 1.40 bits per heavy atom. The Morgan fingerprint density at radius 1 is 0.827 bits per heavy atom. The molecule has 0 unspecified atom stereocenters. The molecule has 6 atom stereocenters. The number of hydrogen-bond acceptors (Lipinski definition) is 3. The maximum Gasteiger partial charge on any atom is 0.192 e. The summed E-state index contributed by atoms with van der Waals surface area (Å²) in [5.74, 6) is 9.00. The van der Waals surface area contributed by atoms with Crippen LogP contribution in [-0.2, 0) is 18.9 Å². The largest absolute Gasteiger partial charge is 0.414 e. The summed E-state index contributed by atoms with van der Waals surface area (Å²) in [5, 5.41) is 0.394. The first-order valence-corrected chi connectivity index (χ1v) is 29.9. The Labute approximate surface area is 324 Å². The third kappa shape index (κ3) is 10.5. The minimum absolute atomic E-state index is 0.197. The second-order valence-corrected chi connectivity index (χ2v) is 35.6. The lowest BCUT2D eigenvalue weighted by molar-refractivity contribution is 0.0725. The Hall–Kier alpha value is -1.21. The fourth-order valence-electron chi connectivity index (χ4n) is 9.05. The number of benzene rings is 1. The molecule has 3 fully saturated rings. The molecule has 0 radical (unpaired) electrons. The zero-order valence-corrected chi connectivity index (χ0v) is 39.7. The zero-order chi connectivity index (χ0) is 39.1. The van der Waals surface area contributed by atoms with Crippen molar-refractivity contribution in [2.24, 2.45) is 23.2 Å². The normalized spacial score (nSPS) is 27.9. The predicted molar refractivity (Wildman–Crippen MR) is 232 cm³/mol. The van der Waals surface area contributed by atoms with Gasteiger partial charge in [0.1, 0.15) is 0 Å². The van der Waals surface area contributed by atoms with Crippen LogP contribution in [0.4, 0.5) is 0 Å². The van der Waals surface area contributed by atoms with Crippen LogP contribution in [0.1, 0.15) is 132 Å². The van der Waals surface area contributed by atoms with Gasteiger partial charge in [0.2, 0.25) is 0 Å². The van der Waals surface area contributed by atoms with Crippen LogP contribution in [0.25, 0.3) is 0 Å². The van der Waals surface area contributed by atoms with Gasteiger partial charge in [0.25, 0.3) is 0 Å². The summed E-state index contributed by atoms with van der Waals surface area (Å²) < 4.78 is 20.8. The fourth-order valence-corrected chi connectivity index (χ4v) is 13.4. The Kier molecular flexibility index (Phi) is 13.2. The molecular formula is C46H78O3Si3. The average molecular weight is 763 g/mol. The Bertz CT molecular complexity index is 1480. The van der Waals surface area contributed by atoms with Gasteiger partial charge in [0.05, 0.1) is 17.8 Å². The van der Waals surface area contributed by atoms with E-state index in [9.17, 15) is 0 Å². The highest BCUT2D eigenvalue weighted by atomic mass is 28.4. The van der Waals surface area contributed by atoms with E-state index in [1.807, 2.05) is 0 Å². The highest BCUT2D eigenvalue weighted by molar-refractivity contribution is 6.74. The molecule has 1 aromatic carbocycles. The first kappa shape index (κ1) is 43.5. The molecule has 0 amide bonds. The van der Waals surface area contributed by atoms with Gasteiger partial charge in [-0.2, -0.15) is 0 Å². The van der Waals surface area contributed by atoms with Crippen molar-refractivity contribution in [3.8, 4) is 11.8 Å². The molecule has 3 nitrogen and oxygen atoms in total. The lowest BCUT2D eigenvalue weighted by atomic mass is 9.61. The summed E-state index contributed by atoms with van der Waals surface area (Å²) in [6.45, 7) is 39.9. The quantitative estimate of drug-likeness (QED) is 0.185. The van der Waals surface area contributed by atoms with Gasteiger partial charge in [0, 0.05) is 11.5 Å². The van der Waals surface area contributed by atoms with E-state index in [-0.39, 0.29) is 27.9 Å². The molecule has 0 aliphatic heterocycles. The molecule has 3 aliphatic rings. The van der Waals surface area contributed by atoms with Gasteiger partial charge in [-0.25, -0.2) is 0 Å². The van der Waals surface area contributed by atoms with E-state index < -0.39 is 25.0 Å². The van der Waals surface area contributed by atoms with Gasteiger partial charge in [0.15, 0.2) is 25.0 Å². The number of hydrogen-bond donors (Lipinski definition) is 0. The smallest absolute Gasteiger partial charge is 0.192 e. The average Bonchev–Trinajstić information content (AvgIpc) is 3.33. The summed E-state index contributed by atoms with van der Waals surface area (Å²) in [6, 6.07) is 8.76. The van der Waals surface area contributed by atoms with Crippen LogP contribution in [0.2, 0.25) is 55.9 Å². The van der Waals surface area contributed by atoms with Gasteiger partial charge < -0.3 is 13.3 Å². The summed E-state index contributed by atoms with van der Waals surface area (Å²) in [6.07, 6.45) is 15.0. The highest BCUT2D eigenvalue weighted by Crippen LogP contribution is 2.59. The van der Waals surface area contributed by atoms with Crippen molar-refractivity contribution in [3.05, 3.63) is 58.7 Å². The third-order valence-corrected chi connectivity index (χ3v) is 24.0. The second kappa shape index (κ2) is 15.7. The molecule has 0 heterocycles. The molecule has 4 rings (SSSR count). The van der Waals surface area contributed by atoms with Crippen molar-refractivity contribution in [1.29, 1.82) is 0 Å². The number of fused-ring (bicyclic) bond motifs is 1. The fraction of sp³-hybridized carbons (Fsp3) is 0.739. The summed E-state index contributed by atoms with van der Waals surface area (Å²) in [5.41, 5.74) is 5.51. The van der Waals surface area contributed by atoms with Crippen LogP contribution in [0, 0.1) is 35.0 Å².